The van der Waals surface area contributed by atoms with Crippen molar-refractivity contribution >= 4 is 5.91 Å². The molecule has 1 N–H and O–H groups in total. The van der Waals surface area contributed by atoms with E-state index in [1.54, 1.807) is 0 Å². The van der Waals surface area contributed by atoms with Crippen LogP contribution in [0.5, 0.6) is 0 Å². The van der Waals surface area contributed by atoms with Gasteiger partial charge in [-0.25, -0.2) is 0 Å². The van der Waals surface area contributed by atoms with Crippen molar-refractivity contribution in [3.05, 3.63) is 35.9 Å². The maximum absolute atomic E-state index is 12.4. The number of hydrogen-bond acceptors (Lipinski definition) is 4. The normalized spacial score (nSPS) is 23.4. The fourth-order valence-electron chi connectivity index (χ4n) is 3.59. The molecule has 2 aliphatic rings. The molecule has 5 heteroatoms. The minimum absolute atomic E-state index is 0.233. The zero-order chi connectivity index (χ0) is 17.8. The molecule has 0 unspecified atom stereocenters. The molecule has 25 heavy (non-hydrogen) atoms. The van der Waals surface area contributed by atoms with Gasteiger partial charge in [-0.3, -0.25) is 14.6 Å². The predicted octanol–water partition coefficient (Wildman–Crippen LogP) is 1.59. The topological polar surface area (TPSA) is 47.0 Å². The van der Waals surface area contributed by atoms with Gasteiger partial charge in [0, 0.05) is 45.8 Å². The van der Waals surface area contributed by atoms with Gasteiger partial charge in [-0.15, -0.1) is 0 Å². The number of piperazine rings is 1. The lowest BCUT2D eigenvalue weighted by atomic mass is 10.1. The number of amides is 1. The molecule has 1 saturated heterocycles. The Kier molecular flexibility index (Phi) is 6.10. The summed E-state index contributed by atoms with van der Waals surface area (Å²) in [5.74, 6) is 0.973. The quantitative estimate of drug-likeness (QED) is 0.815. The van der Waals surface area contributed by atoms with E-state index in [-0.39, 0.29) is 5.91 Å². The third-order valence-corrected chi connectivity index (χ3v) is 5.45. The summed E-state index contributed by atoms with van der Waals surface area (Å²) in [5, 5.41) is 10.4. The van der Waals surface area contributed by atoms with E-state index in [2.05, 4.69) is 16.7 Å². The molecule has 1 aliphatic heterocycles. The first-order valence-electron chi connectivity index (χ1n) is 9.46. The van der Waals surface area contributed by atoms with Crippen molar-refractivity contribution in [1.82, 2.24) is 14.7 Å². The van der Waals surface area contributed by atoms with Crippen LogP contribution in [0.15, 0.2) is 30.3 Å². The van der Waals surface area contributed by atoms with E-state index in [1.807, 2.05) is 42.3 Å². The molecule has 1 aromatic carbocycles. The van der Waals surface area contributed by atoms with E-state index in [4.69, 9.17) is 0 Å². The summed E-state index contributed by atoms with van der Waals surface area (Å²) in [6.45, 7) is 6.92. The van der Waals surface area contributed by atoms with E-state index < -0.39 is 6.10 Å². The number of carbonyl (C=O) groups excluding carboxylic acids is 1. The molecule has 0 radical (unpaired) electrons. The molecular weight excluding hydrogens is 314 g/mol. The molecule has 1 aliphatic carbocycles. The maximum Gasteiger partial charge on any atom is 0.236 e. The van der Waals surface area contributed by atoms with Crippen LogP contribution in [-0.2, 0) is 4.79 Å². The van der Waals surface area contributed by atoms with Crippen LogP contribution in [0.2, 0.25) is 0 Å². The van der Waals surface area contributed by atoms with Gasteiger partial charge >= 0.3 is 0 Å². The molecule has 138 valence electrons. The number of benzene rings is 1. The largest absolute Gasteiger partial charge is 0.387 e. The summed E-state index contributed by atoms with van der Waals surface area (Å²) in [6, 6.07) is 10.2. The average molecular weight is 345 g/mol. The molecule has 1 amide bonds. The Morgan fingerprint density at radius 2 is 2.00 bits per heavy atom. The molecule has 3 rings (SSSR count). The molecule has 2 atom stereocenters. The summed E-state index contributed by atoms with van der Waals surface area (Å²) in [6.07, 6.45) is 2.09. The van der Waals surface area contributed by atoms with Gasteiger partial charge < -0.3 is 10.0 Å². The molecule has 0 bridgehead atoms. The van der Waals surface area contributed by atoms with E-state index >= 15 is 0 Å². The Morgan fingerprint density at radius 3 is 2.64 bits per heavy atom. The zero-order valence-electron chi connectivity index (χ0n) is 15.5. The van der Waals surface area contributed by atoms with Gasteiger partial charge in [0.1, 0.15) is 0 Å². The molecular formula is C20H31N3O2. The minimum Gasteiger partial charge on any atom is -0.387 e. The number of rotatable bonds is 7. The zero-order valence-corrected chi connectivity index (χ0v) is 15.5. The Hall–Kier alpha value is -1.43. The number of carbonyl (C=O) groups is 1. The van der Waals surface area contributed by atoms with E-state index in [0.717, 1.165) is 37.7 Å². The van der Waals surface area contributed by atoms with Crippen molar-refractivity contribution in [2.24, 2.45) is 5.92 Å². The van der Waals surface area contributed by atoms with Gasteiger partial charge in [-0.05, 0) is 31.2 Å². The second kappa shape index (κ2) is 8.30. The second-order valence-electron chi connectivity index (χ2n) is 7.72. The third-order valence-electron chi connectivity index (χ3n) is 5.45. The lowest BCUT2D eigenvalue weighted by molar-refractivity contribution is -0.132. The van der Waals surface area contributed by atoms with Crippen molar-refractivity contribution in [3.8, 4) is 0 Å². The first-order valence-corrected chi connectivity index (χ1v) is 9.46. The SMILES string of the molecule is C[C@@H]1CN(CC(=O)N(C)CC2CC2)CCN1C[C@@H](O)c1ccccc1. The van der Waals surface area contributed by atoms with Crippen LogP contribution >= 0.6 is 0 Å². The first-order chi connectivity index (χ1) is 12.0. The van der Waals surface area contributed by atoms with Crippen LogP contribution in [0, 0.1) is 5.92 Å². The Morgan fingerprint density at radius 1 is 1.28 bits per heavy atom. The number of hydrogen-bond donors (Lipinski definition) is 1. The summed E-state index contributed by atoms with van der Waals surface area (Å²) >= 11 is 0. The molecule has 2 fully saturated rings. The van der Waals surface area contributed by atoms with Gasteiger partial charge in [-0.2, -0.15) is 0 Å². The van der Waals surface area contributed by atoms with Crippen molar-refractivity contribution < 1.29 is 9.90 Å². The van der Waals surface area contributed by atoms with E-state index in [0.29, 0.717) is 19.1 Å². The van der Waals surface area contributed by atoms with Crippen LogP contribution < -0.4 is 0 Å². The van der Waals surface area contributed by atoms with Crippen LogP contribution in [0.25, 0.3) is 0 Å². The van der Waals surface area contributed by atoms with Gasteiger partial charge in [-0.1, -0.05) is 30.3 Å². The second-order valence-corrected chi connectivity index (χ2v) is 7.72. The number of likely N-dealkylation sites (N-methyl/N-ethyl adjacent to an activating group) is 1. The monoisotopic (exact) mass is 345 g/mol. The molecule has 0 spiro atoms. The highest BCUT2D eigenvalue weighted by Crippen LogP contribution is 2.29. The summed E-state index contributed by atoms with van der Waals surface area (Å²) in [7, 11) is 1.93. The fraction of sp³-hybridized carbons (Fsp3) is 0.650. The molecule has 1 saturated carbocycles. The van der Waals surface area contributed by atoms with Crippen LogP contribution in [0.4, 0.5) is 0 Å². The van der Waals surface area contributed by atoms with Crippen LogP contribution in [-0.4, -0.2) is 78.1 Å². The fourth-order valence-corrected chi connectivity index (χ4v) is 3.59. The Labute approximate surface area is 151 Å². The molecule has 5 nitrogen and oxygen atoms in total. The smallest absolute Gasteiger partial charge is 0.236 e. The molecule has 1 aromatic rings. The summed E-state index contributed by atoms with van der Waals surface area (Å²) < 4.78 is 0. The highest BCUT2D eigenvalue weighted by molar-refractivity contribution is 5.78. The minimum atomic E-state index is -0.457. The van der Waals surface area contributed by atoms with Crippen LogP contribution in [0.1, 0.15) is 31.4 Å². The van der Waals surface area contributed by atoms with Crippen molar-refractivity contribution in [1.29, 1.82) is 0 Å². The molecule has 0 aromatic heterocycles. The van der Waals surface area contributed by atoms with Gasteiger partial charge in [0.2, 0.25) is 5.91 Å². The predicted molar refractivity (Wildman–Crippen MR) is 99.2 cm³/mol. The van der Waals surface area contributed by atoms with Gasteiger partial charge in [0.05, 0.1) is 12.6 Å². The van der Waals surface area contributed by atoms with Crippen molar-refractivity contribution in [2.45, 2.75) is 31.9 Å². The van der Waals surface area contributed by atoms with E-state index in [9.17, 15) is 9.90 Å². The number of β-amino-alcohol motifs (C(OH)–C–C–N with tert-alkyl or cyclic N) is 1. The van der Waals surface area contributed by atoms with Gasteiger partial charge in [0.25, 0.3) is 0 Å². The third kappa shape index (κ3) is 5.27. The maximum atomic E-state index is 12.4. The lowest BCUT2D eigenvalue weighted by Crippen LogP contribution is -2.54. The molecule has 1 heterocycles. The standard InChI is InChI=1S/C20H31N3O2/c1-16-12-22(15-20(25)21(2)13-17-8-9-17)10-11-23(16)14-19(24)18-6-4-3-5-7-18/h3-7,16-17,19,24H,8-15H2,1-2H3/t16-,19-/m1/s1. The van der Waals surface area contributed by atoms with Crippen molar-refractivity contribution in [3.63, 3.8) is 0 Å². The van der Waals surface area contributed by atoms with E-state index in [1.165, 1.54) is 12.8 Å². The number of nitrogens with zero attached hydrogens (tertiary/aromatic N) is 3. The van der Waals surface area contributed by atoms with Gasteiger partial charge in [0.15, 0.2) is 0 Å². The highest BCUT2D eigenvalue weighted by Gasteiger charge is 2.29. The summed E-state index contributed by atoms with van der Waals surface area (Å²) in [4.78, 5) is 18.8. The number of aliphatic hydroxyl groups excluding tert-OH is 1. The Balaban J connectivity index is 1.44. The Bertz CT molecular complexity index is 561. The number of aliphatic hydroxyl groups is 1. The first kappa shape index (κ1) is 18.4. The summed E-state index contributed by atoms with van der Waals surface area (Å²) in [5.41, 5.74) is 0.967. The highest BCUT2D eigenvalue weighted by atomic mass is 16.3. The average Bonchev–Trinajstić information content (AvgIpc) is 3.42. The van der Waals surface area contributed by atoms with Crippen molar-refractivity contribution in [2.75, 3.05) is 46.3 Å². The lowest BCUT2D eigenvalue weighted by Gasteiger charge is -2.40. The van der Waals surface area contributed by atoms with Crippen LogP contribution in [0.3, 0.4) is 0 Å².